The first-order valence-electron chi connectivity index (χ1n) is 2.02. The van der Waals surface area contributed by atoms with Crippen LogP contribution >= 0.6 is 12.6 Å². The summed E-state index contributed by atoms with van der Waals surface area (Å²) in [5, 5.41) is 0. The molecule has 0 saturated heterocycles. The van der Waals surface area contributed by atoms with Crippen LogP contribution in [0, 0.1) is 0 Å². The fourth-order valence-corrected chi connectivity index (χ4v) is 0.474. The maximum absolute atomic E-state index is 4.00. The van der Waals surface area contributed by atoms with Crippen molar-refractivity contribution in [3.63, 3.8) is 0 Å². The molecule has 0 amide bonds. The molecule has 0 radical (unpaired) electrons. The number of unbranched alkanes of at least 4 members (excludes halogenated alkanes) is 1. The van der Waals surface area contributed by atoms with Crippen molar-refractivity contribution < 1.29 is 37.2 Å². The number of thiol groups is 1. The Morgan fingerprint density at radius 2 is 1.44 bits per heavy atom. The van der Waals surface area contributed by atoms with Crippen LogP contribution in [0.4, 0.5) is 0 Å². The van der Waals surface area contributed by atoms with Crippen molar-refractivity contribution in [3.8, 4) is 0 Å². The molecule has 0 aromatic heterocycles. The van der Waals surface area contributed by atoms with E-state index in [0.29, 0.717) is 0 Å². The van der Waals surface area contributed by atoms with E-state index in [2.05, 4.69) is 19.6 Å². The Bertz CT molecular complexity index is 23.3. The minimum Gasteiger partial charge on any atom is -1.00 e. The van der Waals surface area contributed by atoms with Crippen LogP contribution in [0.3, 0.4) is 0 Å². The first-order chi connectivity index (χ1) is 2.41. The fourth-order valence-electron chi connectivity index (χ4n) is 0.158. The van der Waals surface area contributed by atoms with Crippen molar-refractivity contribution in [2.45, 2.75) is 19.8 Å². The largest absolute Gasteiger partial charge is 3.00 e. The normalized spacial score (nSPS) is 4.67. The average molecular weight is 224 g/mol. The van der Waals surface area contributed by atoms with Gasteiger partial charge in [-0.3, -0.25) is 0 Å². The van der Waals surface area contributed by atoms with Crippen molar-refractivity contribution in [1.82, 2.24) is 0 Å². The van der Waals surface area contributed by atoms with Crippen molar-refractivity contribution >= 4 is 30.0 Å². The van der Waals surface area contributed by atoms with Gasteiger partial charge in [-0.2, -0.15) is 12.6 Å². The standard InChI is InChI=1S/C4H10S.Al.3ClH/c1-2-3-4-5;;;;/h5H,2-4H2,1H3;;3*1H/q;+3;;;/p-3. The van der Waals surface area contributed by atoms with E-state index in [1.807, 2.05) is 0 Å². The van der Waals surface area contributed by atoms with Crippen LogP contribution in [-0.2, 0) is 0 Å². The molecule has 0 nitrogen and oxygen atoms in total. The van der Waals surface area contributed by atoms with Gasteiger partial charge in [0.05, 0.1) is 0 Å². The van der Waals surface area contributed by atoms with Gasteiger partial charge in [-0.25, -0.2) is 0 Å². The summed E-state index contributed by atoms with van der Waals surface area (Å²) in [5.74, 6) is 1.04. The van der Waals surface area contributed by atoms with Gasteiger partial charge in [0.15, 0.2) is 0 Å². The van der Waals surface area contributed by atoms with Crippen molar-refractivity contribution in [2.24, 2.45) is 0 Å². The molecule has 0 spiro atoms. The first-order valence-corrected chi connectivity index (χ1v) is 2.66. The Morgan fingerprint density at radius 1 is 1.11 bits per heavy atom. The molecule has 0 heterocycles. The van der Waals surface area contributed by atoms with E-state index in [9.17, 15) is 0 Å². The quantitative estimate of drug-likeness (QED) is 0.349. The summed E-state index contributed by atoms with van der Waals surface area (Å²) in [5.41, 5.74) is 0. The molecule has 0 atom stereocenters. The van der Waals surface area contributed by atoms with Gasteiger partial charge in [-0.15, -0.1) is 0 Å². The van der Waals surface area contributed by atoms with Crippen LogP contribution in [-0.4, -0.2) is 23.1 Å². The van der Waals surface area contributed by atoms with Crippen molar-refractivity contribution in [3.05, 3.63) is 0 Å². The smallest absolute Gasteiger partial charge is 1.00 e. The molecule has 5 heteroatoms. The Labute approximate surface area is 92.3 Å². The molecule has 9 heavy (non-hydrogen) atoms. The van der Waals surface area contributed by atoms with Crippen LogP contribution in [0.25, 0.3) is 0 Å². The maximum atomic E-state index is 4.00. The van der Waals surface area contributed by atoms with Gasteiger partial charge < -0.3 is 37.2 Å². The molecule has 0 rings (SSSR count). The van der Waals surface area contributed by atoms with E-state index in [1.165, 1.54) is 12.8 Å². The molecule has 0 unspecified atom stereocenters. The summed E-state index contributed by atoms with van der Waals surface area (Å²) < 4.78 is 0. The molecule has 0 aliphatic heterocycles. The molecule has 0 N–H and O–H groups in total. The molecule has 0 aliphatic carbocycles. The molecular formula is C4H10AlCl3S. The summed E-state index contributed by atoms with van der Waals surface area (Å²) >= 11 is 4.00. The average Bonchev–Trinajstić information content (AvgIpc) is 1.41. The van der Waals surface area contributed by atoms with Gasteiger partial charge in [0.25, 0.3) is 0 Å². The van der Waals surface area contributed by atoms with E-state index in [1.54, 1.807) is 0 Å². The number of rotatable bonds is 2. The topological polar surface area (TPSA) is 0 Å². The Balaban J connectivity index is -0.0000000133. The third-order valence-corrected chi connectivity index (χ3v) is 0.828. The van der Waals surface area contributed by atoms with E-state index in [-0.39, 0.29) is 54.6 Å². The molecule has 56 valence electrons. The predicted molar refractivity (Wildman–Crippen MR) is 34.5 cm³/mol. The fraction of sp³-hybridized carbons (Fsp3) is 1.00. The third kappa shape index (κ3) is 41.6. The van der Waals surface area contributed by atoms with Gasteiger partial charge >= 0.3 is 17.4 Å². The van der Waals surface area contributed by atoms with E-state index in [0.717, 1.165) is 5.75 Å². The maximum Gasteiger partial charge on any atom is 3.00 e. The zero-order chi connectivity index (χ0) is 4.12. The van der Waals surface area contributed by atoms with Gasteiger partial charge in [0.2, 0.25) is 0 Å². The van der Waals surface area contributed by atoms with E-state index >= 15 is 0 Å². The molecular weight excluding hydrogens is 213 g/mol. The van der Waals surface area contributed by atoms with E-state index in [4.69, 9.17) is 0 Å². The van der Waals surface area contributed by atoms with Crippen LogP contribution in [0.5, 0.6) is 0 Å². The van der Waals surface area contributed by atoms with Gasteiger partial charge in [0, 0.05) is 0 Å². The zero-order valence-electron chi connectivity index (χ0n) is 5.28. The minimum atomic E-state index is 0. The second-order valence-corrected chi connectivity index (χ2v) is 1.52. The third-order valence-electron chi connectivity index (χ3n) is 0.512. The van der Waals surface area contributed by atoms with Gasteiger partial charge in [-0.05, 0) is 12.2 Å². The summed E-state index contributed by atoms with van der Waals surface area (Å²) in [6.45, 7) is 2.16. The predicted octanol–water partition coefficient (Wildman–Crippen LogP) is -7.65. The van der Waals surface area contributed by atoms with Crippen LogP contribution in [0.15, 0.2) is 0 Å². The molecule has 0 aliphatic rings. The Kier molecular flexibility index (Phi) is 114. The second-order valence-electron chi connectivity index (χ2n) is 1.08. The molecule has 0 saturated carbocycles. The van der Waals surface area contributed by atoms with Crippen LogP contribution < -0.4 is 37.2 Å². The summed E-state index contributed by atoms with van der Waals surface area (Å²) in [6, 6.07) is 0. The minimum absolute atomic E-state index is 0. The Hall–Kier alpha value is 1.75. The van der Waals surface area contributed by atoms with Crippen LogP contribution in [0.2, 0.25) is 0 Å². The van der Waals surface area contributed by atoms with Gasteiger partial charge in [-0.1, -0.05) is 13.3 Å². The molecule has 0 aromatic carbocycles. The van der Waals surface area contributed by atoms with Gasteiger partial charge in [0.1, 0.15) is 0 Å². The number of hydrogen-bond donors (Lipinski definition) is 1. The first kappa shape index (κ1) is 30.9. The second kappa shape index (κ2) is 33.1. The molecule has 0 fully saturated rings. The summed E-state index contributed by atoms with van der Waals surface area (Å²) in [7, 11) is 0. The van der Waals surface area contributed by atoms with Crippen LogP contribution in [0.1, 0.15) is 19.8 Å². The number of halogens is 3. The van der Waals surface area contributed by atoms with E-state index < -0.39 is 0 Å². The SMILES string of the molecule is CCCCS.[Al+3].[Cl-].[Cl-].[Cl-]. The zero-order valence-corrected chi connectivity index (χ0v) is 9.60. The molecule has 0 bridgehead atoms. The summed E-state index contributed by atoms with van der Waals surface area (Å²) in [6.07, 6.45) is 2.52. The monoisotopic (exact) mass is 222 g/mol. The van der Waals surface area contributed by atoms with Crippen molar-refractivity contribution in [1.29, 1.82) is 0 Å². The Morgan fingerprint density at radius 3 is 1.44 bits per heavy atom. The molecule has 0 aromatic rings. The number of hydrogen-bond acceptors (Lipinski definition) is 1. The van der Waals surface area contributed by atoms with Crippen molar-refractivity contribution in [2.75, 3.05) is 5.75 Å². The summed E-state index contributed by atoms with van der Waals surface area (Å²) in [4.78, 5) is 0.